The minimum Gasteiger partial charge on any atom is -0.370 e. The van der Waals surface area contributed by atoms with Crippen LogP contribution in [0, 0.1) is 13.8 Å². The fraction of sp³-hybridized carbons (Fsp3) is 0.417. The molecule has 0 saturated carbocycles. The van der Waals surface area contributed by atoms with Crippen LogP contribution in [-0.4, -0.2) is 25.7 Å². The van der Waals surface area contributed by atoms with Gasteiger partial charge < -0.3 is 15.8 Å². The number of nitrogens with two attached hydrogens (primary N) is 1. The van der Waals surface area contributed by atoms with Gasteiger partial charge in [0.2, 0.25) is 5.91 Å². The molecule has 88 valence electrons. The van der Waals surface area contributed by atoms with Crippen molar-refractivity contribution in [2.45, 2.75) is 13.8 Å². The molecule has 0 atom stereocenters. The van der Waals surface area contributed by atoms with Crippen LogP contribution in [0.1, 0.15) is 11.1 Å². The number of ether oxygens (including phenoxy) is 1. The molecule has 0 unspecified atom stereocenters. The summed E-state index contributed by atoms with van der Waals surface area (Å²) in [5.74, 6) is -0.154. The first-order valence-corrected chi connectivity index (χ1v) is 5.28. The van der Waals surface area contributed by atoms with E-state index in [2.05, 4.69) is 11.4 Å². The maximum Gasteiger partial charge on any atom is 0.250 e. The number of amides is 1. The molecule has 0 aromatic heterocycles. The first kappa shape index (κ1) is 12.7. The zero-order chi connectivity index (χ0) is 12.0. The molecule has 1 amide bonds. The van der Waals surface area contributed by atoms with Crippen molar-refractivity contribution in [1.29, 1.82) is 0 Å². The number of anilines is 1. The maximum absolute atomic E-state index is 11.4. The summed E-state index contributed by atoms with van der Waals surface area (Å²) in [6.07, 6.45) is 0. The van der Waals surface area contributed by atoms with Crippen molar-refractivity contribution >= 4 is 11.6 Å². The summed E-state index contributed by atoms with van der Waals surface area (Å²) in [5, 5.41) is 2.78. The van der Waals surface area contributed by atoms with Crippen molar-refractivity contribution in [2.75, 3.05) is 25.1 Å². The summed E-state index contributed by atoms with van der Waals surface area (Å²) in [7, 11) is 0. The highest BCUT2D eigenvalue weighted by atomic mass is 16.5. The number of benzene rings is 1. The smallest absolute Gasteiger partial charge is 0.250 e. The van der Waals surface area contributed by atoms with Crippen molar-refractivity contribution < 1.29 is 9.53 Å². The van der Waals surface area contributed by atoms with Gasteiger partial charge in [0, 0.05) is 12.2 Å². The van der Waals surface area contributed by atoms with Gasteiger partial charge in [-0.15, -0.1) is 0 Å². The van der Waals surface area contributed by atoms with Gasteiger partial charge in [-0.05, 0) is 37.1 Å². The Kier molecular flexibility index (Phi) is 4.95. The third-order valence-corrected chi connectivity index (χ3v) is 2.00. The molecule has 0 fully saturated rings. The molecule has 1 aromatic carbocycles. The lowest BCUT2D eigenvalue weighted by atomic mass is 10.1. The normalized spacial score (nSPS) is 10.2. The average Bonchev–Trinajstić information content (AvgIpc) is 2.16. The summed E-state index contributed by atoms with van der Waals surface area (Å²) in [5.41, 5.74) is 8.30. The average molecular weight is 222 g/mol. The molecule has 0 aliphatic heterocycles. The van der Waals surface area contributed by atoms with E-state index in [1.165, 1.54) is 0 Å². The van der Waals surface area contributed by atoms with E-state index in [0.29, 0.717) is 13.2 Å². The lowest BCUT2D eigenvalue weighted by molar-refractivity contribution is -0.120. The highest BCUT2D eigenvalue weighted by Gasteiger charge is 2.02. The van der Waals surface area contributed by atoms with Crippen LogP contribution in [0.5, 0.6) is 0 Å². The number of aryl methyl sites for hydroxylation is 2. The second-order valence-corrected chi connectivity index (χ2v) is 3.77. The van der Waals surface area contributed by atoms with E-state index in [9.17, 15) is 4.79 Å². The first-order valence-electron chi connectivity index (χ1n) is 5.28. The summed E-state index contributed by atoms with van der Waals surface area (Å²) in [6.45, 7) is 4.86. The SMILES string of the molecule is Cc1cc(C)cc(NC(=O)COCCN)c1. The molecule has 16 heavy (non-hydrogen) atoms. The zero-order valence-electron chi connectivity index (χ0n) is 9.75. The fourth-order valence-electron chi connectivity index (χ4n) is 1.49. The second kappa shape index (κ2) is 6.25. The van der Waals surface area contributed by atoms with Gasteiger partial charge in [0.15, 0.2) is 0 Å². The van der Waals surface area contributed by atoms with Crippen LogP contribution in [0.15, 0.2) is 18.2 Å². The van der Waals surface area contributed by atoms with E-state index in [0.717, 1.165) is 16.8 Å². The lowest BCUT2D eigenvalue weighted by Crippen LogP contribution is -2.20. The minimum atomic E-state index is -0.154. The van der Waals surface area contributed by atoms with Crippen LogP contribution < -0.4 is 11.1 Å². The van der Waals surface area contributed by atoms with E-state index < -0.39 is 0 Å². The molecule has 0 heterocycles. The van der Waals surface area contributed by atoms with Crippen molar-refractivity contribution in [2.24, 2.45) is 5.73 Å². The van der Waals surface area contributed by atoms with Crippen LogP contribution in [0.4, 0.5) is 5.69 Å². The van der Waals surface area contributed by atoms with Gasteiger partial charge in [-0.2, -0.15) is 0 Å². The summed E-state index contributed by atoms with van der Waals surface area (Å²) >= 11 is 0. The monoisotopic (exact) mass is 222 g/mol. The van der Waals surface area contributed by atoms with Crippen LogP contribution in [0.3, 0.4) is 0 Å². The third-order valence-electron chi connectivity index (χ3n) is 2.00. The molecule has 0 bridgehead atoms. The largest absolute Gasteiger partial charge is 0.370 e. The Morgan fingerprint density at radius 3 is 2.50 bits per heavy atom. The highest BCUT2D eigenvalue weighted by Crippen LogP contribution is 2.13. The number of nitrogens with one attached hydrogen (secondary N) is 1. The molecule has 0 spiro atoms. The van der Waals surface area contributed by atoms with Gasteiger partial charge in [-0.1, -0.05) is 6.07 Å². The molecule has 1 rings (SSSR count). The van der Waals surface area contributed by atoms with Crippen LogP contribution >= 0.6 is 0 Å². The Morgan fingerprint density at radius 1 is 1.31 bits per heavy atom. The Bertz CT molecular complexity index is 344. The standard InChI is InChI=1S/C12H18N2O2/c1-9-5-10(2)7-11(6-9)14-12(15)8-16-4-3-13/h5-7H,3-4,8,13H2,1-2H3,(H,14,15). The van der Waals surface area contributed by atoms with Gasteiger partial charge in [0.25, 0.3) is 0 Å². The van der Waals surface area contributed by atoms with Crippen molar-refractivity contribution in [1.82, 2.24) is 0 Å². The zero-order valence-corrected chi connectivity index (χ0v) is 9.75. The molecule has 3 N–H and O–H groups in total. The van der Waals surface area contributed by atoms with E-state index >= 15 is 0 Å². The second-order valence-electron chi connectivity index (χ2n) is 3.77. The maximum atomic E-state index is 11.4. The topological polar surface area (TPSA) is 64.3 Å². The van der Waals surface area contributed by atoms with Crippen LogP contribution in [0.2, 0.25) is 0 Å². The van der Waals surface area contributed by atoms with Gasteiger partial charge in [0.1, 0.15) is 6.61 Å². The minimum absolute atomic E-state index is 0.0458. The van der Waals surface area contributed by atoms with Crippen molar-refractivity contribution in [3.8, 4) is 0 Å². The third kappa shape index (κ3) is 4.42. The number of hydrogen-bond donors (Lipinski definition) is 2. The molecule has 0 radical (unpaired) electrons. The molecule has 4 heteroatoms. The first-order chi connectivity index (χ1) is 7.61. The molecule has 4 nitrogen and oxygen atoms in total. The quantitative estimate of drug-likeness (QED) is 0.736. The van der Waals surface area contributed by atoms with E-state index in [4.69, 9.17) is 10.5 Å². The Labute approximate surface area is 95.8 Å². The summed E-state index contributed by atoms with van der Waals surface area (Å²) in [4.78, 5) is 11.4. The number of carbonyl (C=O) groups excluding carboxylic acids is 1. The van der Waals surface area contributed by atoms with E-state index in [1.807, 2.05) is 26.0 Å². The van der Waals surface area contributed by atoms with Gasteiger partial charge in [-0.25, -0.2) is 0 Å². The van der Waals surface area contributed by atoms with Crippen molar-refractivity contribution in [3.63, 3.8) is 0 Å². The van der Waals surface area contributed by atoms with Gasteiger partial charge in [0.05, 0.1) is 6.61 Å². The van der Waals surface area contributed by atoms with Crippen molar-refractivity contribution in [3.05, 3.63) is 29.3 Å². The number of hydrogen-bond acceptors (Lipinski definition) is 3. The Morgan fingerprint density at radius 2 is 1.94 bits per heavy atom. The van der Waals surface area contributed by atoms with Gasteiger partial charge >= 0.3 is 0 Å². The predicted octanol–water partition coefficient (Wildman–Crippen LogP) is 1.22. The number of rotatable bonds is 5. The number of carbonyl (C=O) groups is 1. The van der Waals surface area contributed by atoms with Gasteiger partial charge in [-0.3, -0.25) is 4.79 Å². The summed E-state index contributed by atoms with van der Waals surface area (Å²) < 4.78 is 5.04. The highest BCUT2D eigenvalue weighted by molar-refractivity contribution is 5.91. The molecule has 0 aliphatic rings. The molecule has 1 aromatic rings. The molecular formula is C12H18N2O2. The van der Waals surface area contributed by atoms with E-state index in [1.54, 1.807) is 0 Å². The summed E-state index contributed by atoms with van der Waals surface area (Å²) in [6, 6.07) is 5.91. The molecule has 0 saturated heterocycles. The van der Waals surface area contributed by atoms with Crippen LogP contribution in [0.25, 0.3) is 0 Å². The molecular weight excluding hydrogens is 204 g/mol. The molecule has 0 aliphatic carbocycles. The Hall–Kier alpha value is -1.39. The van der Waals surface area contributed by atoms with E-state index in [-0.39, 0.29) is 12.5 Å². The van der Waals surface area contributed by atoms with Crippen LogP contribution in [-0.2, 0) is 9.53 Å². The lowest BCUT2D eigenvalue weighted by Gasteiger charge is -2.07. The Balaban J connectivity index is 2.49. The fourth-order valence-corrected chi connectivity index (χ4v) is 1.49. The predicted molar refractivity (Wildman–Crippen MR) is 64.4 cm³/mol.